The fourth-order valence-electron chi connectivity index (χ4n) is 3.31. The lowest BCUT2D eigenvalue weighted by molar-refractivity contribution is -0.114. The highest BCUT2D eigenvalue weighted by Crippen LogP contribution is 2.40. The molecule has 0 radical (unpaired) electrons. The second-order valence-electron chi connectivity index (χ2n) is 7.57. The molecule has 2 aromatic carbocycles. The Hall–Kier alpha value is -2.93. The smallest absolute Gasteiger partial charge is 0.221 e. The molecule has 1 fully saturated rings. The lowest BCUT2D eigenvalue weighted by Crippen LogP contribution is -2.15. The van der Waals surface area contributed by atoms with E-state index in [1.807, 2.05) is 25.1 Å². The van der Waals surface area contributed by atoms with Gasteiger partial charge in [0.2, 0.25) is 5.91 Å². The Balaban J connectivity index is 1.50. The first kappa shape index (κ1) is 20.3. The number of rotatable bonds is 8. The Kier molecular flexibility index (Phi) is 5.99. The van der Waals surface area contributed by atoms with Crippen molar-refractivity contribution in [3.8, 4) is 0 Å². The van der Waals surface area contributed by atoms with E-state index in [-0.39, 0.29) is 16.9 Å². The predicted octanol–water partition coefficient (Wildman–Crippen LogP) is 4.53. The Morgan fingerprint density at radius 3 is 2.43 bits per heavy atom. The van der Waals surface area contributed by atoms with Crippen LogP contribution in [0, 0.1) is 0 Å². The first-order valence-electron chi connectivity index (χ1n) is 10.1. The zero-order valence-electron chi connectivity index (χ0n) is 17.0. The van der Waals surface area contributed by atoms with Crippen molar-refractivity contribution in [2.75, 3.05) is 5.32 Å². The fourth-order valence-corrected chi connectivity index (χ4v) is 4.25. The van der Waals surface area contributed by atoms with Crippen molar-refractivity contribution in [2.45, 2.75) is 49.6 Å². The molecule has 7 heteroatoms. The minimum Gasteiger partial charge on any atom is -0.326 e. The number of hydrogen-bond donors (Lipinski definition) is 1. The Morgan fingerprint density at radius 2 is 1.80 bits per heavy atom. The molecule has 30 heavy (non-hydrogen) atoms. The highest BCUT2D eigenvalue weighted by atomic mass is 32.2. The third kappa shape index (κ3) is 4.79. The van der Waals surface area contributed by atoms with Gasteiger partial charge in [0.25, 0.3) is 0 Å². The lowest BCUT2D eigenvalue weighted by atomic mass is 10.1. The van der Waals surface area contributed by atoms with E-state index >= 15 is 0 Å². The number of aromatic nitrogens is 3. The van der Waals surface area contributed by atoms with E-state index in [0.717, 1.165) is 23.8 Å². The number of Topliss-reactive ketones (excluding diaryl/α,β-unsaturated/α-hetero) is 1. The zero-order chi connectivity index (χ0) is 21.1. The fraction of sp³-hybridized carbons (Fsp3) is 0.304. The van der Waals surface area contributed by atoms with Crippen molar-refractivity contribution >= 4 is 29.1 Å². The maximum absolute atomic E-state index is 12.9. The van der Waals surface area contributed by atoms with Crippen LogP contribution in [0.5, 0.6) is 0 Å². The molecule has 1 saturated carbocycles. The van der Waals surface area contributed by atoms with E-state index in [0.29, 0.717) is 23.7 Å². The average molecular weight is 421 g/mol. The molecule has 1 aromatic heterocycles. The second-order valence-corrected chi connectivity index (χ2v) is 8.88. The van der Waals surface area contributed by atoms with Crippen LogP contribution < -0.4 is 5.32 Å². The second kappa shape index (κ2) is 8.83. The maximum Gasteiger partial charge on any atom is 0.221 e. The van der Waals surface area contributed by atoms with Crippen molar-refractivity contribution in [1.29, 1.82) is 0 Å². The molecular formula is C23H24N4O2S. The molecule has 0 aliphatic heterocycles. The molecule has 6 nitrogen and oxygen atoms in total. The van der Waals surface area contributed by atoms with Crippen LogP contribution in [-0.4, -0.2) is 31.7 Å². The van der Waals surface area contributed by atoms with Gasteiger partial charge in [0.15, 0.2) is 10.9 Å². The predicted molar refractivity (Wildman–Crippen MR) is 118 cm³/mol. The van der Waals surface area contributed by atoms with Crippen LogP contribution in [0.4, 0.5) is 5.69 Å². The van der Waals surface area contributed by atoms with Crippen molar-refractivity contribution in [2.24, 2.45) is 0 Å². The molecule has 1 N–H and O–H groups in total. The number of thioether (sulfide) groups is 1. The minimum absolute atomic E-state index is 0.0246. The molecule has 1 aliphatic rings. The molecule has 3 aromatic rings. The highest BCUT2D eigenvalue weighted by molar-refractivity contribution is 8.00. The summed E-state index contributed by atoms with van der Waals surface area (Å²) in [7, 11) is 0. The monoisotopic (exact) mass is 420 g/mol. The molecule has 4 rings (SSSR count). The summed E-state index contributed by atoms with van der Waals surface area (Å²) in [5.41, 5.74) is 2.48. The van der Waals surface area contributed by atoms with E-state index < -0.39 is 0 Å². The van der Waals surface area contributed by atoms with E-state index in [1.165, 1.54) is 24.2 Å². The van der Waals surface area contributed by atoms with Crippen LogP contribution in [0.2, 0.25) is 0 Å². The van der Waals surface area contributed by atoms with Gasteiger partial charge in [-0.05, 0) is 49.6 Å². The topological polar surface area (TPSA) is 76.9 Å². The van der Waals surface area contributed by atoms with E-state index in [1.54, 1.807) is 24.3 Å². The Labute approximate surface area is 180 Å². The van der Waals surface area contributed by atoms with Gasteiger partial charge in [-0.2, -0.15) is 0 Å². The van der Waals surface area contributed by atoms with E-state index in [2.05, 4.69) is 32.2 Å². The third-order valence-corrected chi connectivity index (χ3v) is 6.09. The van der Waals surface area contributed by atoms with Crippen LogP contribution in [0.1, 0.15) is 54.4 Å². The summed E-state index contributed by atoms with van der Waals surface area (Å²) < 4.78 is 2.15. The number of nitrogens with one attached hydrogen (secondary N) is 1. The zero-order valence-corrected chi connectivity index (χ0v) is 17.9. The van der Waals surface area contributed by atoms with Gasteiger partial charge in [-0.1, -0.05) is 42.1 Å². The molecule has 1 atom stereocenters. The summed E-state index contributed by atoms with van der Waals surface area (Å²) in [6.45, 7) is 4.06. The SMILES string of the molecule is CC(=O)Nc1ccc(C(=O)C(C)Sc2nnc(C3CC3)n2Cc2ccccc2)cc1. The number of anilines is 1. The minimum atomic E-state index is -0.303. The number of carbonyl (C=O) groups excluding carboxylic acids is 2. The van der Waals surface area contributed by atoms with Gasteiger partial charge in [-0.15, -0.1) is 10.2 Å². The van der Waals surface area contributed by atoms with Gasteiger partial charge in [0.1, 0.15) is 5.82 Å². The lowest BCUT2D eigenvalue weighted by Gasteiger charge is -2.13. The number of carbonyl (C=O) groups is 2. The molecular weight excluding hydrogens is 396 g/mol. The van der Waals surface area contributed by atoms with Crippen LogP contribution in [0.25, 0.3) is 0 Å². The van der Waals surface area contributed by atoms with Crippen LogP contribution in [0.3, 0.4) is 0 Å². The van der Waals surface area contributed by atoms with Gasteiger partial charge in [0, 0.05) is 24.1 Å². The van der Waals surface area contributed by atoms with Crippen molar-refractivity contribution in [3.63, 3.8) is 0 Å². The Bertz CT molecular complexity index is 1040. The van der Waals surface area contributed by atoms with Crippen molar-refractivity contribution in [3.05, 3.63) is 71.5 Å². The maximum atomic E-state index is 12.9. The molecule has 0 saturated heterocycles. The molecule has 1 amide bonds. The van der Waals surface area contributed by atoms with Crippen LogP contribution in [0.15, 0.2) is 59.8 Å². The van der Waals surface area contributed by atoms with Gasteiger partial charge >= 0.3 is 0 Å². The average Bonchev–Trinajstić information content (AvgIpc) is 3.51. The molecule has 1 heterocycles. The highest BCUT2D eigenvalue weighted by Gasteiger charge is 2.31. The number of hydrogen-bond acceptors (Lipinski definition) is 5. The molecule has 1 aliphatic carbocycles. The summed E-state index contributed by atoms with van der Waals surface area (Å²) in [5, 5.41) is 12.0. The van der Waals surface area contributed by atoms with E-state index in [4.69, 9.17) is 0 Å². The first-order chi connectivity index (χ1) is 14.5. The summed E-state index contributed by atoms with van der Waals surface area (Å²) >= 11 is 1.44. The quantitative estimate of drug-likeness (QED) is 0.428. The molecule has 154 valence electrons. The molecule has 0 spiro atoms. The van der Waals surface area contributed by atoms with Gasteiger partial charge in [0.05, 0.1) is 11.8 Å². The number of nitrogens with zero attached hydrogens (tertiary/aromatic N) is 3. The molecule has 0 bridgehead atoms. The van der Waals surface area contributed by atoms with Crippen molar-refractivity contribution < 1.29 is 9.59 Å². The third-order valence-electron chi connectivity index (χ3n) is 5.01. The number of ketones is 1. The standard InChI is InChI=1S/C23H24N4O2S/c1-15(21(29)18-10-12-20(13-11-18)24-16(2)28)30-23-26-25-22(19-8-9-19)27(23)14-17-6-4-3-5-7-17/h3-7,10-13,15,19H,8-9,14H2,1-2H3,(H,24,28). The molecule has 1 unspecified atom stereocenters. The summed E-state index contributed by atoms with van der Waals surface area (Å²) in [6, 6.07) is 17.2. The van der Waals surface area contributed by atoms with Gasteiger partial charge in [-0.25, -0.2) is 0 Å². The summed E-state index contributed by atoms with van der Waals surface area (Å²) in [5.74, 6) is 1.38. The normalized spacial score (nSPS) is 14.3. The summed E-state index contributed by atoms with van der Waals surface area (Å²) in [4.78, 5) is 24.1. The number of benzene rings is 2. The van der Waals surface area contributed by atoms with Crippen LogP contribution in [-0.2, 0) is 11.3 Å². The van der Waals surface area contributed by atoms with Gasteiger partial charge < -0.3 is 9.88 Å². The largest absolute Gasteiger partial charge is 0.326 e. The van der Waals surface area contributed by atoms with Gasteiger partial charge in [-0.3, -0.25) is 9.59 Å². The number of amides is 1. The van der Waals surface area contributed by atoms with Crippen LogP contribution >= 0.6 is 11.8 Å². The van der Waals surface area contributed by atoms with E-state index in [9.17, 15) is 9.59 Å². The summed E-state index contributed by atoms with van der Waals surface area (Å²) in [6.07, 6.45) is 2.29. The first-order valence-corrected chi connectivity index (χ1v) is 10.9. The van der Waals surface area contributed by atoms with Crippen molar-refractivity contribution in [1.82, 2.24) is 14.8 Å². The Morgan fingerprint density at radius 1 is 1.10 bits per heavy atom.